The third kappa shape index (κ3) is 4.98. The molecule has 5 N–H and O–H groups in total. The number of ether oxygens (including phenoxy) is 1. The molecule has 0 bridgehead atoms. The predicted molar refractivity (Wildman–Crippen MR) is 120 cm³/mol. The lowest BCUT2D eigenvalue weighted by molar-refractivity contribution is 0.0999. The Morgan fingerprint density at radius 2 is 1.97 bits per heavy atom. The first-order valence-corrected chi connectivity index (χ1v) is 9.80. The van der Waals surface area contributed by atoms with Crippen molar-refractivity contribution in [3.63, 3.8) is 0 Å². The van der Waals surface area contributed by atoms with E-state index in [1.807, 2.05) is 38.4 Å². The topological polar surface area (TPSA) is 141 Å². The standard InChI is InChI=1S/C21H27N7O3/c1-27(2)12-13-5-7-14(8-6-13)25-21-24-11-15-17(29)16(19(23)30)18(22)28(20(15)26-21)9-4-10-31-3/h5-8,11H,4,9-10,12,22H2,1-3H3,(H2,23,30)(H,24,25,26). The summed E-state index contributed by atoms with van der Waals surface area (Å²) in [5.41, 5.74) is 13.0. The highest BCUT2D eigenvalue weighted by atomic mass is 16.5. The number of hydrogen-bond acceptors (Lipinski definition) is 8. The van der Waals surface area contributed by atoms with E-state index in [-0.39, 0.29) is 16.8 Å². The maximum Gasteiger partial charge on any atom is 0.256 e. The zero-order chi connectivity index (χ0) is 22.5. The molecule has 10 heteroatoms. The largest absolute Gasteiger partial charge is 0.385 e. The number of nitrogen functional groups attached to an aromatic ring is 1. The van der Waals surface area contributed by atoms with Gasteiger partial charge >= 0.3 is 0 Å². The molecule has 3 aromatic rings. The van der Waals surface area contributed by atoms with Crippen molar-refractivity contribution in [1.82, 2.24) is 19.4 Å². The highest BCUT2D eigenvalue weighted by Crippen LogP contribution is 2.20. The summed E-state index contributed by atoms with van der Waals surface area (Å²) < 4.78 is 6.70. The van der Waals surface area contributed by atoms with Crippen LogP contribution in [0, 0.1) is 0 Å². The zero-order valence-electron chi connectivity index (χ0n) is 17.9. The van der Waals surface area contributed by atoms with Gasteiger partial charge in [-0.1, -0.05) is 12.1 Å². The van der Waals surface area contributed by atoms with Crippen LogP contribution in [0.1, 0.15) is 22.3 Å². The van der Waals surface area contributed by atoms with E-state index in [0.29, 0.717) is 31.2 Å². The Morgan fingerprint density at radius 1 is 1.26 bits per heavy atom. The third-order valence-corrected chi connectivity index (χ3v) is 4.73. The molecule has 0 aliphatic rings. The van der Waals surface area contributed by atoms with Crippen molar-refractivity contribution in [2.75, 3.05) is 38.9 Å². The summed E-state index contributed by atoms with van der Waals surface area (Å²) in [6, 6.07) is 7.90. The molecule has 0 spiro atoms. The van der Waals surface area contributed by atoms with Gasteiger partial charge in [0, 0.05) is 38.7 Å². The van der Waals surface area contributed by atoms with E-state index in [1.165, 1.54) is 11.8 Å². The summed E-state index contributed by atoms with van der Waals surface area (Å²) in [6.07, 6.45) is 1.99. The third-order valence-electron chi connectivity index (χ3n) is 4.73. The van der Waals surface area contributed by atoms with Crippen LogP contribution in [0.3, 0.4) is 0 Å². The molecule has 0 aliphatic heterocycles. The number of amides is 1. The summed E-state index contributed by atoms with van der Waals surface area (Å²) in [4.78, 5) is 35.4. The molecule has 2 aromatic heterocycles. The van der Waals surface area contributed by atoms with Gasteiger partial charge in [-0.3, -0.25) is 9.59 Å². The minimum Gasteiger partial charge on any atom is -0.385 e. The van der Waals surface area contributed by atoms with E-state index >= 15 is 0 Å². The maximum absolute atomic E-state index is 12.7. The number of hydrogen-bond donors (Lipinski definition) is 3. The number of nitrogens with two attached hydrogens (primary N) is 2. The number of aromatic nitrogens is 3. The van der Waals surface area contributed by atoms with Crippen molar-refractivity contribution in [2.45, 2.75) is 19.5 Å². The molecule has 2 heterocycles. The summed E-state index contributed by atoms with van der Waals surface area (Å²) in [6.45, 7) is 1.71. The van der Waals surface area contributed by atoms with Gasteiger partial charge < -0.3 is 31.0 Å². The number of anilines is 3. The Balaban J connectivity index is 2.01. The Labute approximate surface area is 179 Å². The number of benzene rings is 1. The number of primary amides is 1. The van der Waals surface area contributed by atoms with Gasteiger partial charge in [0.2, 0.25) is 11.4 Å². The second-order valence-corrected chi connectivity index (χ2v) is 7.44. The number of nitrogens with one attached hydrogen (secondary N) is 1. The van der Waals surface area contributed by atoms with Crippen molar-refractivity contribution >= 4 is 34.4 Å². The predicted octanol–water partition coefficient (Wildman–Crippen LogP) is 1.31. The first kappa shape index (κ1) is 22.2. The van der Waals surface area contributed by atoms with Gasteiger partial charge in [-0.15, -0.1) is 0 Å². The number of rotatable bonds is 9. The zero-order valence-corrected chi connectivity index (χ0v) is 17.9. The van der Waals surface area contributed by atoms with Crippen LogP contribution in [0.2, 0.25) is 0 Å². The number of aryl methyl sites for hydroxylation is 1. The van der Waals surface area contributed by atoms with E-state index in [2.05, 4.69) is 20.2 Å². The summed E-state index contributed by atoms with van der Waals surface area (Å²) in [7, 11) is 5.61. The molecule has 0 atom stereocenters. The molecular formula is C21H27N7O3. The molecule has 10 nitrogen and oxygen atoms in total. The molecular weight excluding hydrogens is 398 g/mol. The second kappa shape index (κ2) is 9.54. The SMILES string of the molecule is COCCCn1c(N)c(C(N)=O)c(=O)c2cnc(Nc3ccc(CN(C)C)cc3)nc21. The fourth-order valence-electron chi connectivity index (χ4n) is 3.32. The molecule has 0 unspecified atom stereocenters. The van der Waals surface area contributed by atoms with Crippen molar-refractivity contribution in [1.29, 1.82) is 0 Å². The van der Waals surface area contributed by atoms with Crippen LogP contribution in [0.4, 0.5) is 17.5 Å². The van der Waals surface area contributed by atoms with Crippen LogP contribution in [0.5, 0.6) is 0 Å². The van der Waals surface area contributed by atoms with Crippen LogP contribution < -0.4 is 22.2 Å². The molecule has 0 radical (unpaired) electrons. The average molecular weight is 425 g/mol. The highest BCUT2D eigenvalue weighted by molar-refractivity contribution is 6.00. The lowest BCUT2D eigenvalue weighted by Crippen LogP contribution is -2.28. The lowest BCUT2D eigenvalue weighted by Gasteiger charge is -2.16. The smallest absolute Gasteiger partial charge is 0.256 e. The molecule has 3 rings (SSSR count). The fraction of sp³-hybridized carbons (Fsp3) is 0.333. The van der Waals surface area contributed by atoms with Gasteiger partial charge in [0.1, 0.15) is 11.4 Å². The van der Waals surface area contributed by atoms with Crippen molar-refractivity contribution in [3.05, 3.63) is 51.8 Å². The van der Waals surface area contributed by atoms with Gasteiger partial charge in [-0.2, -0.15) is 4.98 Å². The van der Waals surface area contributed by atoms with Crippen LogP contribution in [0.15, 0.2) is 35.3 Å². The maximum atomic E-state index is 12.7. The Kier molecular flexibility index (Phi) is 6.83. The minimum absolute atomic E-state index is 0.0150. The van der Waals surface area contributed by atoms with Crippen LogP contribution in [-0.4, -0.2) is 53.2 Å². The molecule has 0 aliphatic carbocycles. The number of methoxy groups -OCH3 is 1. The van der Waals surface area contributed by atoms with Crippen LogP contribution >= 0.6 is 0 Å². The first-order chi connectivity index (χ1) is 14.8. The van der Waals surface area contributed by atoms with Gasteiger partial charge in [-0.05, 0) is 38.2 Å². The second-order valence-electron chi connectivity index (χ2n) is 7.44. The number of carbonyl (C=O) groups excluding carboxylic acids is 1. The number of carbonyl (C=O) groups is 1. The molecule has 0 saturated heterocycles. The molecule has 164 valence electrons. The Morgan fingerprint density at radius 3 is 2.58 bits per heavy atom. The van der Waals surface area contributed by atoms with Gasteiger partial charge in [0.15, 0.2) is 5.65 Å². The highest BCUT2D eigenvalue weighted by Gasteiger charge is 2.20. The number of nitrogens with zero attached hydrogens (tertiary/aromatic N) is 4. The normalized spacial score (nSPS) is 11.2. The van der Waals surface area contributed by atoms with E-state index in [0.717, 1.165) is 12.2 Å². The van der Waals surface area contributed by atoms with Crippen LogP contribution in [0.25, 0.3) is 11.0 Å². The number of pyridine rings is 1. The van der Waals surface area contributed by atoms with E-state index < -0.39 is 11.3 Å². The Hall–Kier alpha value is -3.50. The van der Waals surface area contributed by atoms with Crippen molar-refractivity contribution < 1.29 is 9.53 Å². The monoisotopic (exact) mass is 425 g/mol. The van der Waals surface area contributed by atoms with Gasteiger partial charge in [0.05, 0.1) is 5.39 Å². The lowest BCUT2D eigenvalue weighted by atomic mass is 10.1. The van der Waals surface area contributed by atoms with E-state index in [4.69, 9.17) is 16.2 Å². The summed E-state index contributed by atoms with van der Waals surface area (Å²) >= 11 is 0. The van der Waals surface area contributed by atoms with E-state index in [1.54, 1.807) is 11.7 Å². The quantitative estimate of drug-likeness (QED) is 0.436. The van der Waals surface area contributed by atoms with Gasteiger partial charge in [-0.25, -0.2) is 4.98 Å². The van der Waals surface area contributed by atoms with E-state index in [9.17, 15) is 9.59 Å². The molecule has 1 amide bonds. The molecule has 31 heavy (non-hydrogen) atoms. The molecule has 1 aromatic carbocycles. The first-order valence-electron chi connectivity index (χ1n) is 9.80. The van der Waals surface area contributed by atoms with Crippen molar-refractivity contribution in [2.24, 2.45) is 5.73 Å². The fourth-order valence-corrected chi connectivity index (χ4v) is 3.32. The molecule has 0 fully saturated rings. The van der Waals surface area contributed by atoms with Crippen molar-refractivity contribution in [3.8, 4) is 0 Å². The molecule has 0 saturated carbocycles. The Bertz CT molecular complexity index is 1140. The van der Waals surface area contributed by atoms with Gasteiger partial charge in [0.25, 0.3) is 5.91 Å². The summed E-state index contributed by atoms with van der Waals surface area (Å²) in [5.74, 6) is -0.595. The minimum atomic E-state index is -0.884. The average Bonchev–Trinajstić information content (AvgIpc) is 2.71. The number of fused-ring (bicyclic) bond motifs is 1. The van der Waals surface area contributed by atoms with Crippen LogP contribution in [-0.2, 0) is 17.8 Å². The summed E-state index contributed by atoms with van der Waals surface area (Å²) in [5, 5.41) is 3.31.